The van der Waals surface area contributed by atoms with Gasteiger partial charge in [0.25, 0.3) is 17.6 Å². The minimum Gasteiger partial charge on any atom is -0.368 e. The molecule has 38 heavy (non-hydrogen) atoms. The summed E-state index contributed by atoms with van der Waals surface area (Å²) in [5.74, 6) is -2.88. The lowest BCUT2D eigenvalue weighted by molar-refractivity contribution is -0.127. The normalized spacial score (nSPS) is 14.5. The Labute approximate surface area is 216 Å². The Bertz CT molecular complexity index is 1550. The quantitative estimate of drug-likeness (QED) is 0.294. The monoisotopic (exact) mass is 517 g/mol. The van der Waals surface area contributed by atoms with Gasteiger partial charge in [-0.1, -0.05) is 18.2 Å². The molecule has 0 aliphatic carbocycles. The number of hydrogen-bond acceptors (Lipinski definition) is 6. The average Bonchev–Trinajstić information content (AvgIpc) is 3.61. The van der Waals surface area contributed by atoms with Gasteiger partial charge in [0.1, 0.15) is 18.2 Å². The van der Waals surface area contributed by atoms with Crippen LogP contribution < -0.4 is 5.73 Å². The summed E-state index contributed by atoms with van der Waals surface area (Å²) in [7, 11) is 0. The smallest absolute Gasteiger partial charge is 0.295 e. The van der Waals surface area contributed by atoms with Crippen molar-refractivity contribution in [2.45, 2.75) is 13.0 Å². The molecule has 0 spiro atoms. The van der Waals surface area contributed by atoms with E-state index in [0.29, 0.717) is 11.1 Å². The zero-order valence-electron chi connectivity index (χ0n) is 20.4. The summed E-state index contributed by atoms with van der Waals surface area (Å²) in [6.45, 7) is 2.47. The van der Waals surface area contributed by atoms with Crippen LogP contribution in [-0.4, -0.2) is 79.2 Å². The summed E-state index contributed by atoms with van der Waals surface area (Å²) in [6.07, 6.45) is 2.62. The lowest BCUT2D eigenvalue weighted by Crippen LogP contribution is -2.52. The topological polar surface area (TPSA) is 147 Å². The van der Waals surface area contributed by atoms with Crippen LogP contribution in [0.25, 0.3) is 22.3 Å². The fraction of sp³-hybridized carbons (Fsp3) is 0.231. The van der Waals surface area contributed by atoms with Gasteiger partial charge in [0.15, 0.2) is 5.82 Å². The van der Waals surface area contributed by atoms with Crippen LogP contribution in [-0.2, 0) is 9.59 Å². The number of aromatic amines is 1. The van der Waals surface area contributed by atoms with Crippen molar-refractivity contribution < 1.29 is 23.6 Å². The Morgan fingerprint density at radius 1 is 1.00 bits per heavy atom. The first-order chi connectivity index (χ1) is 18.3. The summed E-state index contributed by atoms with van der Waals surface area (Å²) in [4.78, 5) is 60.4. The Morgan fingerprint density at radius 2 is 1.68 bits per heavy atom. The lowest BCUT2D eigenvalue weighted by atomic mass is 10.0. The second kappa shape index (κ2) is 9.88. The first-order valence-electron chi connectivity index (χ1n) is 11.9. The number of nitrogens with zero attached hydrogens (tertiary/aromatic N) is 5. The Morgan fingerprint density at radius 3 is 2.37 bits per heavy atom. The molecule has 3 heterocycles. The number of piperazine rings is 1. The van der Waals surface area contributed by atoms with Gasteiger partial charge in [0.05, 0.1) is 11.1 Å². The van der Waals surface area contributed by atoms with Crippen molar-refractivity contribution in [3.8, 4) is 11.4 Å². The fourth-order valence-electron chi connectivity index (χ4n) is 4.42. The summed E-state index contributed by atoms with van der Waals surface area (Å²) in [6, 6.07) is 10.7. The molecule has 11 nitrogen and oxygen atoms in total. The van der Waals surface area contributed by atoms with Crippen LogP contribution in [0, 0.1) is 5.82 Å². The van der Waals surface area contributed by atoms with E-state index in [1.165, 1.54) is 34.2 Å². The van der Waals surface area contributed by atoms with E-state index in [-0.39, 0.29) is 54.4 Å². The largest absolute Gasteiger partial charge is 0.368 e. The molecule has 0 bridgehead atoms. The summed E-state index contributed by atoms with van der Waals surface area (Å²) < 4.78 is 16.2. The number of halogens is 1. The van der Waals surface area contributed by atoms with Gasteiger partial charge in [-0.15, -0.1) is 0 Å². The Hall–Kier alpha value is -4.87. The number of nitrogens with two attached hydrogens (primary N) is 1. The molecule has 1 atom stereocenters. The molecule has 3 N–H and O–H groups in total. The second-order valence-electron chi connectivity index (χ2n) is 8.95. The number of H-pyrrole nitrogens is 1. The van der Waals surface area contributed by atoms with Crippen molar-refractivity contribution in [3.63, 3.8) is 0 Å². The molecule has 4 aromatic rings. The number of primary amides is 1. The van der Waals surface area contributed by atoms with Crippen molar-refractivity contribution >= 4 is 34.4 Å². The van der Waals surface area contributed by atoms with Crippen LogP contribution in [0.2, 0.25) is 0 Å². The van der Waals surface area contributed by atoms with Crippen molar-refractivity contribution in [2.75, 3.05) is 26.2 Å². The number of carbonyl (C=O) groups excluding carboxylic acids is 4. The zero-order chi connectivity index (χ0) is 27.0. The third-order valence-corrected chi connectivity index (χ3v) is 6.66. The maximum Gasteiger partial charge on any atom is 0.295 e. The molecule has 0 radical (unpaired) electrons. The number of fused-ring (bicyclic) bond motifs is 1. The molecule has 1 aliphatic rings. The highest BCUT2D eigenvalue weighted by Crippen LogP contribution is 2.31. The molecule has 0 saturated carbocycles. The van der Waals surface area contributed by atoms with Crippen molar-refractivity contribution in [1.29, 1.82) is 0 Å². The van der Waals surface area contributed by atoms with Crippen LogP contribution in [0.15, 0.2) is 55.0 Å². The molecule has 2 aromatic carbocycles. The van der Waals surface area contributed by atoms with E-state index in [1.54, 1.807) is 36.1 Å². The van der Waals surface area contributed by atoms with E-state index in [4.69, 9.17) is 5.73 Å². The van der Waals surface area contributed by atoms with Gasteiger partial charge in [-0.2, -0.15) is 5.10 Å². The van der Waals surface area contributed by atoms with E-state index in [2.05, 4.69) is 15.1 Å². The van der Waals surface area contributed by atoms with Gasteiger partial charge in [0.2, 0.25) is 5.91 Å². The Kier molecular flexibility index (Phi) is 6.45. The highest BCUT2D eigenvalue weighted by molar-refractivity contribution is 6.45. The third-order valence-electron chi connectivity index (χ3n) is 6.66. The first-order valence-corrected chi connectivity index (χ1v) is 11.9. The molecule has 2 aromatic heterocycles. The van der Waals surface area contributed by atoms with Gasteiger partial charge in [0, 0.05) is 48.9 Å². The molecule has 12 heteroatoms. The van der Waals surface area contributed by atoms with Crippen molar-refractivity contribution in [2.24, 2.45) is 5.73 Å². The van der Waals surface area contributed by atoms with Crippen LogP contribution in [0.5, 0.6) is 0 Å². The molecule has 1 aliphatic heterocycles. The van der Waals surface area contributed by atoms with Crippen LogP contribution >= 0.6 is 0 Å². The minimum atomic E-state index is -0.865. The molecule has 1 unspecified atom stereocenters. The highest BCUT2D eigenvalue weighted by atomic mass is 19.1. The van der Waals surface area contributed by atoms with Gasteiger partial charge >= 0.3 is 0 Å². The first kappa shape index (κ1) is 24.8. The maximum atomic E-state index is 14.9. The summed E-state index contributed by atoms with van der Waals surface area (Å²) in [5, 5.41) is 4.20. The van der Waals surface area contributed by atoms with E-state index >= 15 is 0 Å². The van der Waals surface area contributed by atoms with Crippen LogP contribution in [0.4, 0.5) is 4.39 Å². The second-order valence-corrected chi connectivity index (χ2v) is 8.95. The molecular weight excluding hydrogens is 493 g/mol. The molecule has 1 saturated heterocycles. The van der Waals surface area contributed by atoms with E-state index < -0.39 is 29.5 Å². The molecule has 1 fully saturated rings. The number of rotatable bonds is 6. The molecule has 5 rings (SSSR count). The van der Waals surface area contributed by atoms with E-state index in [9.17, 15) is 23.6 Å². The number of carbonyl (C=O) groups is 4. The lowest BCUT2D eigenvalue weighted by Gasteiger charge is -2.34. The predicted molar refractivity (Wildman–Crippen MR) is 134 cm³/mol. The van der Waals surface area contributed by atoms with Crippen LogP contribution in [0.3, 0.4) is 0 Å². The number of nitrogens with one attached hydrogen (secondary N) is 1. The minimum absolute atomic E-state index is 0.0574. The Balaban J connectivity index is 1.35. The van der Waals surface area contributed by atoms with Gasteiger partial charge in [-0.3, -0.25) is 19.2 Å². The summed E-state index contributed by atoms with van der Waals surface area (Å²) >= 11 is 0. The molecule has 194 valence electrons. The SMILES string of the molecule is CC(C(N)=O)n1cnc(-c2ccc(F)c3c(C(=O)C(=O)N4CCN(C(=O)c5ccccc5)CC4)c[nH]c23)n1. The highest BCUT2D eigenvalue weighted by Gasteiger charge is 2.31. The number of benzene rings is 2. The van der Waals surface area contributed by atoms with Crippen molar-refractivity contribution in [3.05, 3.63) is 71.9 Å². The number of amides is 3. The van der Waals surface area contributed by atoms with E-state index in [1.807, 2.05) is 6.07 Å². The van der Waals surface area contributed by atoms with Crippen LogP contribution in [0.1, 0.15) is 33.7 Å². The molecular formula is C26H24FN7O4. The predicted octanol–water partition coefficient (Wildman–Crippen LogP) is 1.78. The number of hydrogen-bond donors (Lipinski definition) is 2. The maximum absolute atomic E-state index is 14.9. The molecule has 3 amide bonds. The average molecular weight is 518 g/mol. The van der Waals surface area contributed by atoms with E-state index in [0.717, 1.165) is 0 Å². The zero-order valence-corrected chi connectivity index (χ0v) is 20.4. The van der Waals surface area contributed by atoms with Gasteiger partial charge in [-0.05, 0) is 31.2 Å². The van der Waals surface area contributed by atoms with Gasteiger partial charge in [-0.25, -0.2) is 14.1 Å². The summed E-state index contributed by atoms with van der Waals surface area (Å²) in [5.41, 5.74) is 6.39. The standard InChI is InChI=1S/C26H24FN7O4/c1-15(23(28)36)34-14-30-24(31-34)17-7-8-19(27)20-18(13-29-21(17)20)22(35)26(38)33-11-9-32(10-12-33)25(37)16-5-3-2-4-6-16/h2-8,13-15,29H,9-12H2,1H3,(H2,28,36). The van der Waals surface area contributed by atoms with Gasteiger partial charge < -0.3 is 20.5 Å². The number of Topliss-reactive ketones (excluding diaryl/α,β-unsaturated/α-hetero) is 1. The third kappa shape index (κ3) is 4.40. The fourth-order valence-corrected chi connectivity index (χ4v) is 4.42. The van der Waals surface area contributed by atoms with Crippen molar-refractivity contribution in [1.82, 2.24) is 29.5 Å². The number of aromatic nitrogens is 4. The number of ketones is 1.